The molecule has 0 radical (unpaired) electrons. The van der Waals surface area contributed by atoms with Gasteiger partial charge >= 0.3 is 5.97 Å². The van der Waals surface area contributed by atoms with Crippen LogP contribution in [0.4, 0.5) is 0 Å². The predicted octanol–water partition coefficient (Wildman–Crippen LogP) is 2.94. The van der Waals surface area contributed by atoms with Gasteiger partial charge in [-0.3, -0.25) is 4.79 Å². The zero-order valence-electron chi connectivity index (χ0n) is 11.4. The lowest BCUT2D eigenvalue weighted by Gasteiger charge is -2.20. The van der Waals surface area contributed by atoms with Gasteiger partial charge in [0.05, 0.1) is 12.7 Å². The third kappa shape index (κ3) is 3.10. The van der Waals surface area contributed by atoms with Crippen molar-refractivity contribution in [2.24, 2.45) is 5.41 Å². The van der Waals surface area contributed by atoms with E-state index < -0.39 is 11.4 Å². The maximum atomic E-state index is 11.9. The zero-order chi connectivity index (χ0) is 13.8. The van der Waals surface area contributed by atoms with E-state index in [1.54, 1.807) is 13.8 Å². The summed E-state index contributed by atoms with van der Waals surface area (Å²) in [5.74, 6) is -0.451. The molecule has 0 N–H and O–H groups in total. The van der Waals surface area contributed by atoms with Crippen LogP contribution in [0.5, 0.6) is 0 Å². The van der Waals surface area contributed by atoms with Crippen LogP contribution in [0.1, 0.15) is 30.5 Å². The van der Waals surface area contributed by atoms with Gasteiger partial charge in [-0.05, 0) is 38.8 Å². The summed E-state index contributed by atoms with van der Waals surface area (Å²) < 4.78 is 4.98. The van der Waals surface area contributed by atoms with Crippen molar-refractivity contribution < 1.29 is 9.53 Å². The van der Waals surface area contributed by atoms with Crippen molar-refractivity contribution >= 4 is 5.97 Å². The Balaban J connectivity index is 3.02. The van der Waals surface area contributed by atoms with E-state index in [1.165, 1.54) is 0 Å². The van der Waals surface area contributed by atoms with Crippen molar-refractivity contribution in [3.63, 3.8) is 0 Å². The van der Waals surface area contributed by atoms with Crippen molar-refractivity contribution in [3.8, 4) is 6.07 Å². The lowest BCUT2D eigenvalue weighted by atomic mass is 9.83. The van der Waals surface area contributed by atoms with Crippen LogP contribution >= 0.6 is 0 Å². The van der Waals surface area contributed by atoms with Crippen molar-refractivity contribution in [3.05, 3.63) is 34.9 Å². The SMILES string of the molecule is CCOC(=O)C(C)(C#N)Cc1cc(C)ccc1C. The van der Waals surface area contributed by atoms with E-state index in [1.807, 2.05) is 32.0 Å². The number of carbonyl (C=O) groups excluding carboxylic acids is 1. The second kappa shape index (κ2) is 5.68. The molecule has 0 aliphatic rings. The second-order valence-electron chi connectivity index (χ2n) is 4.77. The van der Waals surface area contributed by atoms with Crippen LogP contribution in [0.15, 0.2) is 18.2 Å². The van der Waals surface area contributed by atoms with Crippen molar-refractivity contribution in [1.82, 2.24) is 0 Å². The molecule has 0 saturated carbocycles. The molecular weight excluding hydrogens is 226 g/mol. The lowest BCUT2D eigenvalue weighted by molar-refractivity contribution is -0.151. The summed E-state index contributed by atoms with van der Waals surface area (Å²) in [6.07, 6.45) is 0.385. The molecule has 1 unspecified atom stereocenters. The van der Waals surface area contributed by atoms with E-state index in [0.29, 0.717) is 13.0 Å². The monoisotopic (exact) mass is 245 g/mol. The van der Waals surface area contributed by atoms with Gasteiger partial charge in [0, 0.05) is 6.42 Å². The molecule has 1 aromatic carbocycles. The predicted molar refractivity (Wildman–Crippen MR) is 70.0 cm³/mol. The normalized spacial score (nSPS) is 13.5. The Kier molecular flexibility index (Phi) is 4.49. The topological polar surface area (TPSA) is 50.1 Å². The van der Waals surface area contributed by atoms with Crippen molar-refractivity contribution in [1.29, 1.82) is 5.26 Å². The van der Waals surface area contributed by atoms with Crippen LogP contribution in [0, 0.1) is 30.6 Å². The van der Waals surface area contributed by atoms with Gasteiger partial charge in [-0.15, -0.1) is 0 Å². The molecule has 0 amide bonds. The third-order valence-electron chi connectivity index (χ3n) is 3.02. The minimum Gasteiger partial charge on any atom is -0.465 e. The minimum absolute atomic E-state index is 0.295. The van der Waals surface area contributed by atoms with E-state index in [2.05, 4.69) is 6.07 Å². The van der Waals surface area contributed by atoms with Crippen LogP contribution < -0.4 is 0 Å². The fourth-order valence-corrected chi connectivity index (χ4v) is 1.82. The number of nitrogens with zero attached hydrogens (tertiary/aromatic N) is 1. The smallest absolute Gasteiger partial charge is 0.326 e. The summed E-state index contributed by atoms with van der Waals surface area (Å²) in [6, 6.07) is 8.13. The number of hydrogen-bond acceptors (Lipinski definition) is 3. The molecule has 3 heteroatoms. The second-order valence-corrected chi connectivity index (χ2v) is 4.77. The molecule has 18 heavy (non-hydrogen) atoms. The number of rotatable bonds is 4. The van der Waals surface area contributed by atoms with Gasteiger partial charge in [0.25, 0.3) is 0 Å². The molecule has 96 valence electrons. The third-order valence-corrected chi connectivity index (χ3v) is 3.02. The number of aryl methyl sites for hydroxylation is 2. The summed E-state index contributed by atoms with van der Waals surface area (Å²) in [6.45, 7) is 7.65. The molecule has 0 fully saturated rings. The Labute approximate surface area is 108 Å². The number of benzene rings is 1. The Bertz CT molecular complexity index is 488. The number of carbonyl (C=O) groups is 1. The first-order valence-corrected chi connectivity index (χ1v) is 6.07. The van der Waals surface area contributed by atoms with E-state index in [9.17, 15) is 10.1 Å². The van der Waals surface area contributed by atoms with Crippen LogP contribution in [-0.2, 0) is 16.0 Å². The van der Waals surface area contributed by atoms with Crippen LogP contribution in [0.2, 0.25) is 0 Å². The van der Waals surface area contributed by atoms with Crippen molar-refractivity contribution in [2.45, 2.75) is 34.1 Å². The Morgan fingerprint density at radius 3 is 2.67 bits per heavy atom. The van der Waals surface area contributed by atoms with Gasteiger partial charge in [-0.25, -0.2) is 0 Å². The average Bonchev–Trinajstić information content (AvgIpc) is 2.34. The Hall–Kier alpha value is -1.82. The summed E-state index contributed by atoms with van der Waals surface area (Å²) in [5, 5.41) is 9.25. The van der Waals surface area contributed by atoms with E-state index in [-0.39, 0.29) is 0 Å². The number of ether oxygens (including phenoxy) is 1. The van der Waals surface area contributed by atoms with Gasteiger partial charge in [0.1, 0.15) is 0 Å². The summed E-state index contributed by atoms with van der Waals surface area (Å²) in [4.78, 5) is 11.9. The number of esters is 1. The molecule has 0 spiro atoms. The van der Waals surface area contributed by atoms with Crippen LogP contribution in [0.25, 0.3) is 0 Å². The van der Waals surface area contributed by atoms with Gasteiger partial charge in [-0.2, -0.15) is 5.26 Å². The fourth-order valence-electron chi connectivity index (χ4n) is 1.82. The molecule has 1 atom stereocenters. The van der Waals surface area contributed by atoms with E-state index in [4.69, 9.17) is 4.74 Å². The maximum Gasteiger partial charge on any atom is 0.326 e. The van der Waals surface area contributed by atoms with Gasteiger partial charge in [0.2, 0.25) is 0 Å². The van der Waals surface area contributed by atoms with Gasteiger partial charge < -0.3 is 4.74 Å². The first-order valence-electron chi connectivity index (χ1n) is 6.07. The average molecular weight is 245 g/mol. The summed E-state index contributed by atoms with van der Waals surface area (Å²) in [7, 11) is 0. The molecule has 3 nitrogen and oxygen atoms in total. The van der Waals surface area contributed by atoms with Crippen LogP contribution in [0.3, 0.4) is 0 Å². The molecule has 0 aliphatic heterocycles. The molecule has 1 aromatic rings. The number of nitriles is 1. The van der Waals surface area contributed by atoms with E-state index in [0.717, 1.165) is 16.7 Å². The van der Waals surface area contributed by atoms with Gasteiger partial charge in [0.15, 0.2) is 5.41 Å². The standard InChI is InChI=1S/C15H19NO2/c1-5-18-14(17)15(4,10-16)9-13-8-11(2)6-7-12(13)3/h6-8H,5,9H2,1-4H3. The van der Waals surface area contributed by atoms with Crippen molar-refractivity contribution in [2.75, 3.05) is 6.61 Å². The minimum atomic E-state index is -1.12. The summed E-state index contributed by atoms with van der Waals surface area (Å²) in [5.41, 5.74) is 2.12. The lowest BCUT2D eigenvalue weighted by Crippen LogP contribution is -2.31. The maximum absolute atomic E-state index is 11.9. The molecule has 0 bridgehead atoms. The highest BCUT2D eigenvalue weighted by molar-refractivity contribution is 5.80. The van der Waals surface area contributed by atoms with Crippen LogP contribution in [-0.4, -0.2) is 12.6 Å². The Morgan fingerprint density at radius 2 is 2.11 bits per heavy atom. The first kappa shape index (κ1) is 14.2. The molecule has 0 aromatic heterocycles. The van der Waals surface area contributed by atoms with E-state index >= 15 is 0 Å². The number of hydrogen-bond donors (Lipinski definition) is 0. The first-order chi connectivity index (χ1) is 8.42. The highest BCUT2D eigenvalue weighted by atomic mass is 16.5. The zero-order valence-corrected chi connectivity index (χ0v) is 11.4. The molecular formula is C15H19NO2. The highest BCUT2D eigenvalue weighted by Gasteiger charge is 2.35. The quantitative estimate of drug-likeness (QED) is 0.766. The highest BCUT2D eigenvalue weighted by Crippen LogP contribution is 2.26. The largest absolute Gasteiger partial charge is 0.465 e. The molecule has 0 saturated heterocycles. The molecule has 0 heterocycles. The van der Waals surface area contributed by atoms with Gasteiger partial charge in [-0.1, -0.05) is 23.8 Å². The molecule has 1 rings (SSSR count). The Morgan fingerprint density at radius 1 is 1.44 bits per heavy atom. The summed E-state index contributed by atoms with van der Waals surface area (Å²) >= 11 is 0. The molecule has 0 aliphatic carbocycles. The fraction of sp³-hybridized carbons (Fsp3) is 0.467.